The number of hydrogen-bond donors (Lipinski definition) is 2. The molecule has 0 aliphatic carbocycles. The average molecular weight is 288 g/mol. The molecule has 7 heteroatoms. The summed E-state index contributed by atoms with van der Waals surface area (Å²) in [6.45, 7) is 8.88. The number of carboxylic acid groups (broad SMARTS) is 1. The van der Waals surface area contributed by atoms with Gasteiger partial charge in [-0.3, -0.25) is 4.90 Å². The van der Waals surface area contributed by atoms with Gasteiger partial charge in [-0.15, -0.1) is 0 Å². The summed E-state index contributed by atoms with van der Waals surface area (Å²) >= 11 is 0. The number of rotatable bonds is 1. The summed E-state index contributed by atoms with van der Waals surface area (Å²) in [6, 6.07) is -0.637. The molecule has 0 saturated carbocycles. The van der Waals surface area contributed by atoms with Crippen molar-refractivity contribution in [2.75, 3.05) is 19.6 Å². The van der Waals surface area contributed by atoms with E-state index in [1.165, 1.54) is 9.80 Å². The smallest absolute Gasteiger partial charge is 0.410 e. The minimum Gasteiger partial charge on any atom is -0.465 e. The molecule has 2 N–H and O–H groups in total. The quantitative estimate of drug-likeness (QED) is 0.760. The van der Waals surface area contributed by atoms with Crippen molar-refractivity contribution in [3.05, 3.63) is 0 Å². The zero-order valence-corrected chi connectivity index (χ0v) is 12.7. The fourth-order valence-corrected chi connectivity index (χ4v) is 2.10. The van der Waals surface area contributed by atoms with Crippen LogP contribution < -0.4 is 0 Å². The van der Waals surface area contributed by atoms with Crippen LogP contribution in [0.2, 0.25) is 0 Å². The molecular weight excluding hydrogens is 264 g/mol. The summed E-state index contributed by atoms with van der Waals surface area (Å²) in [7, 11) is 0. The van der Waals surface area contributed by atoms with Crippen molar-refractivity contribution in [2.45, 2.75) is 51.9 Å². The van der Waals surface area contributed by atoms with Gasteiger partial charge in [-0.25, -0.2) is 9.59 Å². The summed E-state index contributed by atoms with van der Waals surface area (Å²) in [4.78, 5) is 25.8. The molecule has 1 unspecified atom stereocenters. The van der Waals surface area contributed by atoms with Gasteiger partial charge in [0.05, 0.1) is 11.6 Å². The Morgan fingerprint density at radius 3 is 2.10 bits per heavy atom. The molecule has 0 spiro atoms. The Morgan fingerprint density at radius 2 is 1.70 bits per heavy atom. The molecule has 1 rings (SSSR count). The minimum absolute atomic E-state index is 0.0675. The van der Waals surface area contributed by atoms with E-state index < -0.39 is 29.4 Å². The second-order valence-electron chi connectivity index (χ2n) is 6.57. The number of carbonyl (C=O) groups is 2. The van der Waals surface area contributed by atoms with Crippen LogP contribution in [0.15, 0.2) is 0 Å². The van der Waals surface area contributed by atoms with E-state index in [0.717, 1.165) is 0 Å². The van der Waals surface area contributed by atoms with Gasteiger partial charge in [0, 0.05) is 19.6 Å². The first-order chi connectivity index (χ1) is 8.92. The number of piperazine rings is 1. The van der Waals surface area contributed by atoms with Gasteiger partial charge in [-0.2, -0.15) is 0 Å². The zero-order chi connectivity index (χ0) is 15.7. The lowest BCUT2D eigenvalue weighted by molar-refractivity contribution is -0.0614. The fraction of sp³-hybridized carbons (Fsp3) is 0.846. The maximum Gasteiger partial charge on any atom is 0.410 e. The second kappa shape index (κ2) is 5.47. The molecule has 0 aromatic heterocycles. The number of ether oxygens (including phenoxy) is 1. The molecule has 20 heavy (non-hydrogen) atoms. The van der Waals surface area contributed by atoms with Crippen LogP contribution in [0.5, 0.6) is 0 Å². The fourth-order valence-electron chi connectivity index (χ4n) is 2.10. The first-order valence-corrected chi connectivity index (χ1v) is 6.61. The third kappa shape index (κ3) is 4.26. The van der Waals surface area contributed by atoms with Crippen molar-refractivity contribution in [3.63, 3.8) is 0 Å². The van der Waals surface area contributed by atoms with Crippen LogP contribution in [0, 0.1) is 0 Å². The first-order valence-electron chi connectivity index (χ1n) is 6.61. The number of hydrogen-bond acceptors (Lipinski definition) is 4. The average Bonchev–Trinajstić information content (AvgIpc) is 2.24. The molecule has 116 valence electrons. The van der Waals surface area contributed by atoms with Crippen LogP contribution in [0.1, 0.15) is 34.6 Å². The molecule has 2 amide bonds. The molecule has 1 fully saturated rings. The van der Waals surface area contributed by atoms with E-state index in [1.54, 1.807) is 34.6 Å². The highest BCUT2D eigenvalue weighted by Crippen LogP contribution is 2.23. The lowest BCUT2D eigenvalue weighted by atomic mass is 9.95. The van der Waals surface area contributed by atoms with Crippen LogP contribution in [0.4, 0.5) is 9.59 Å². The summed E-state index contributed by atoms with van der Waals surface area (Å²) < 4.78 is 5.31. The highest BCUT2D eigenvalue weighted by molar-refractivity contribution is 5.70. The lowest BCUT2D eigenvalue weighted by Gasteiger charge is -2.45. The predicted molar refractivity (Wildman–Crippen MR) is 72.6 cm³/mol. The van der Waals surface area contributed by atoms with E-state index in [-0.39, 0.29) is 19.6 Å². The topological polar surface area (TPSA) is 90.3 Å². The molecule has 1 saturated heterocycles. The first kappa shape index (κ1) is 16.6. The summed E-state index contributed by atoms with van der Waals surface area (Å²) in [5.41, 5.74) is -1.85. The van der Waals surface area contributed by atoms with Gasteiger partial charge in [0.15, 0.2) is 0 Å². The van der Waals surface area contributed by atoms with Crippen LogP contribution in [-0.2, 0) is 4.74 Å². The van der Waals surface area contributed by atoms with E-state index in [1.807, 2.05) is 0 Å². The van der Waals surface area contributed by atoms with E-state index in [9.17, 15) is 14.7 Å². The number of amides is 2. The number of aliphatic hydroxyl groups is 1. The standard InChI is InChI=1S/C13H24N2O5/c1-12(2,3)20-11(18)15-7-6-14(10(16)17)8-9(15)13(4,5)19/h9,19H,6-8H2,1-5H3,(H,16,17). The third-order valence-corrected chi connectivity index (χ3v) is 3.09. The Bertz CT molecular complexity index is 383. The van der Waals surface area contributed by atoms with Crippen molar-refractivity contribution in [1.29, 1.82) is 0 Å². The van der Waals surface area contributed by atoms with E-state index in [0.29, 0.717) is 0 Å². The SMILES string of the molecule is CC(C)(C)OC(=O)N1CCN(C(=O)O)CC1C(C)(C)O. The molecule has 1 aliphatic heterocycles. The Balaban J connectivity index is 2.89. The molecule has 1 heterocycles. The molecule has 1 aliphatic rings. The molecule has 0 aromatic carbocycles. The maximum absolute atomic E-state index is 12.2. The van der Waals surface area contributed by atoms with E-state index >= 15 is 0 Å². The Morgan fingerprint density at radius 1 is 1.15 bits per heavy atom. The normalized spacial score (nSPS) is 20.8. The molecule has 0 bridgehead atoms. The van der Waals surface area contributed by atoms with Gasteiger partial charge < -0.3 is 19.8 Å². The molecule has 0 radical (unpaired) electrons. The van der Waals surface area contributed by atoms with Gasteiger partial charge in [-0.05, 0) is 34.6 Å². The van der Waals surface area contributed by atoms with E-state index in [4.69, 9.17) is 9.84 Å². The minimum atomic E-state index is -1.22. The third-order valence-electron chi connectivity index (χ3n) is 3.09. The molecular formula is C13H24N2O5. The van der Waals surface area contributed by atoms with Gasteiger partial charge in [-0.1, -0.05) is 0 Å². The summed E-state index contributed by atoms with van der Waals surface area (Å²) in [5, 5.41) is 19.2. The van der Waals surface area contributed by atoms with E-state index in [2.05, 4.69) is 0 Å². The summed E-state index contributed by atoms with van der Waals surface area (Å²) in [5.74, 6) is 0. The lowest BCUT2D eigenvalue weighted by Crippen LogP contribution is -2.63. The molecule has 0 aromatic rings. The Hall–Kier alpha value is -1.50. The summed E-state index contributed by atoms with van der Waals surface area (Å²) in [6.07, 6.45) is -1.59. The van der Waals surface area contributed by atoms with Crippen molar-refractivity contribution in [1.82, 2.24) is 9.80 Å². The highest BCUT2D eigenvalue weighted by atomic mass is 16.6. The molecule has 1 atom stereocenters. The number of nitrogens with zero attached hydrogens (tertiary/aromatic N) is 2. The van der Waals surface area contributed by atoms with Crippen LogP contribution >= 0.6 is 0 Å². The Kier molecular flexibility index (Phi) is 4.53. The van der Waals surface area contributed by atoms with Crippen LogP contribution in [0.3, 0.4) is 0 Å². The zero-order valence-electron chi connectivity index (χ0n) is 12.7. The predicted octanol–water partition coefficient (Wildman–Crippen LogP) is 1.36. The number of carbonyl (C=O) groups excluding carboxylic acids is 1. The van der Waals surface area contributed by atoms with Crippen molar-refractivity contribution < 1.29 is 24.5 Å². The second-order valence-corrected chi connectivity index (χ2v) is 6.57. The van der Waals surface area contributed by atoms with Gasteiger partial charge >= 0.3 is 12.2 Å². The van der Waals surface area contributed by atoms with Crippen molar-refractivity contribution in [2.24, 2.45) is 0 Å². The monoisotopic (exact) mass is 288 g/mol. The Labute approximate surface area is 119 Å². The van der Waals surface area contributed by atoms with Crippen molar-refractivity contribution >= 4 is 12.2 Å². The molecule has 7 nitrogen and oxygen atoms in total. The highest BCUT2D eigenvalue weighted by Gasteiger charge is 2.42. The van der Waals surface area contributed by atoms with Gasteiger partial charge in [0.25, 0.3) is 0 Å². The van der Waals surface area contributed by atoms with Gasteiger partial charge in [0.2, 0.25) is 0 Å². The van der Waals surface area contributed by atoms with Crippen LogP contribution in [-0.4, -0.2) is 69.1 Å². The van der Waals surface area contributed by atoms with Gasteiger partial charge in [0.1, 0.15) is 5.60 Å². The van der Waals surface area contributed by atoms with Crippen molar-refractivity contribution in [3.8, 4) is 0 Å². The largest absolute Gasteiger partial charge is 0.465 e. The van der Waals surface area contributed by atoms with Crippen LogP contribution in [0.25, 0.3) is 0 Å². The maximum atomic E-state index is 12.2.